The highest BCUT2D eigenvalue weighted by Gasteiger charge is 2.25. The first-order valence-corrected chi connectivity index (χ1v) is 9.56. The van der Waals surface area contributed by atoms with E-state index < -0.39 is 0 Å². The summed E-state index contributed by atoms with van der Waals surface area (Å²) in [6.07, 6.45) is 6.47. The largest absolute Gasteiger partial charge is 0.426 e. The number of rotatable bonds is 5. The number of ether oxygens (including phenoxy) is 1. The van der Waals surface area contributed by atoms with Gasteiger partial charge in [0.1, 0.15) is 5.75 Å². The zero-order chi connectivity index (χ0) is 17.6. The molecule has 1 aliphatic rings. The molecule has 1 saturated carbocycles. The lowest BCUT2D eigenvalue weighted by Crippen LogP contribution is -2.24. The topological polar surface area (TPSA) is 26.3 Å². The molecule has 0 amide bonds. The van der Waals surface area contributed by atoms with Crippen molar-refractivity contribution >= 4 is 5.97 Å². The van der Waals surface area contributed by atoms with Crippen molar-refractivity contribution in [2.75, 3.05) is 0 Å². The minimum atomic E-state index is -0.0661. The molecule has 0 aromatic heterocycles. The maximum atomic E-state index is 12.3. The summed E-state index contributed by atoms with van der Waals surface area (Å²) < 4.78 is 5.59. The molecule has 0 saturated heterocycles. The van der Waals surface area contributed by atoms with E-state index in [0.29, 0.717) is 5.75 Å². The Labute approximate surface area is 151 Å². The predicted octanol–water partition coefficient (Wildman–Crippen LogP) is 6.04. The van der Waals surface area contributed by atoms with Crippen LogP contribution in [-0.2, 0) is 11.2 Å². The molecule has 2 aromatic carbocycles. The number of carbonyl (C=O) groups excluding carboxylic acids is 1. The SMILES string of the molecule is CCCc1ccc(-c2ccc(OC(=O)C3CCC(C)CC3)cc2)cc1. The molecule has 0 spiro atoms. The average Bonchev–Trinajstić information content (AvgIpc) is 2.64. The summed E-state index contributed by atoms with van der Waals surface area (Å²) in [6, 6.07) is 16.6. The molecule has 25 heavy (non-hydrogen) atoms. The van der Waals surface area contributed by atoms with Crippen molar-refractivity contribution in [3.05, 3.63) is 54.1 Å². The van der Waals surface area contributed by atoms with Crippen LogP contribution < -0.4 is 4.74 Å². The average molecular weight is 336 g/mol. The van der Waals surface area contributed by atoms with E-state index in [1.807, 2.05) is 24.3 Å². The van der Waals surface area contributed by atoms with Crippen LogP contribution >= 0.6 is 0 Å². The van der Waals surface area contributed by atoms with Crippen molar-refractivity contribution in [3.63, 3.8) is 0 Å². The zero-order valence-corrected chi connectivity index (χ0v) is 15.3. The summed E-state index contributed by atoms with van der Waals surface area (Å²) in [4.78, 5) is 12.3. The molecule has 0 atom stereocenters. The Morgan fingerprint density at radius 2 is 1.48 bits per heavy atom. The summed E-state index contributed by atoms with van der Waals surface area (Å²) >= 11 is 0. The van der Waals surface area contributed by atoms with E-state index in [4.69, 9.17) is 4.74 Å². The maximum absolute atomic E-state index is 12.3. The van der Waals surface area contributed by atoms with Crippen molar-refractivity contribution in [2.24, 2.45) is 11.8 Å². The van der Waals surface area contributed by atoms with Crippen molar-refractivity contribution in [3.8, 4) is 16.9 Å². The number of benzene rings is 2. The highest BCUT2D eigenvalue weighted by atomic mass is 16.5. The second kappa shape index (κ2) is 8.33. The number of hydrogen-bond donors (Lipinski definition) is 0. The third-order valence-electron chi connectivity index (χ3n) is 5.25. The third-order valence-corrected chi connectivity index (χ3v) is 5.25. The second-order valence-corrected chi connectivity index (χ2v) is 7.35. The Morgan fingerprint density at radius 3 is 2.04 bits per heavy atom. The van der Waals surface area contributed by atoms with Crippen LogP contribution in [0.5, 0.6) is 5.75 Å². The van der Waals surface area contributed by atoms with Gasteiger partial charge in [0, 0.05) is 0 Å². The molecule has 2 heteroatoms. The lowest BCUT2D eigenvalue weighted by molar-refractivity contribution is -0.140. The van der Waals surface area contributed by atoms with E-state index in [-0.39, 0.29) is 11.9 Å². The fraction of sp³-hybridized carbons (Fsp3) is 0.435. The van der Waals surface area contributed by atoms with E-state index in [9.17, 15) is 4.79 Å². The van der Waals surface area contributed by atoms with E-state index in [0.717, 1.165) is 43.6 Å². The van der Waals surface area contributed by atoms with Gasteiger partial charge < -0.3 is 4.74 Å². The maximum Gasteiger partial charge on any atom is 0.314 e. The van der Waals surface area contributed by atoms with Gasteiger partial charge in [0.15, 0.2) is 0 Å². The predicted molar refractivity (Wildman–Crippen MR) is 103 cm³/mol. The summed E-state index contributed by atoms with van der Waals surface area (Å²) in [6.45, 7) is 4.46. The Hall–Kier alpha value is -2.09. The molecule has 0 unspecified atom stereocenters. The van der Waals surface area contributed by atoms with Gasteiger partial charge in [0.25, 0.3) is 0 Å². The van der Waals surface area contributed by atoms with Crippen LogP contribution in [0, 0.1) is 11.8 Å². The molecule has 2 nitrogen and oxygen atoms in total. The van der Waals surface area contributed by atoms with Crippen LogP contribution in [0.25, 0.3) is 11.1 Å². The van der Waals surface area contributed by atoms with Gasteiger partial charge in [-0.15, -0.1) is 0 Å². The molecule has 3 rings (SSSR count). The molecule has 0 heterocycles. The Balaban J connectivity index is 1.61. The quantitative estimate of drug-likeness (QED) is 0.491. The highest BCUT2D eigenvalue weighted by molar-refractivity contribution is 5.75. The molecular formula is C23H28O2. The second-order valence-electron chi connectivity index (χ2n) is 7.35. The number of aryl methyl sites for hydroxylation is 1. The van der Waals surface area contributed by atoms with Gasteiger partial charge in [-0.3, -0.25) is 4.79 Å². The first-order valence-electron chi connectivity index (χ1n) is 9.56. The van der Waals surface area contributed by atoms with Crippen LogP contribution in [-0.4, -0.2) is 5.97 Å². The number of hydrogen-bond acceptors (Lipinski definition) is 2. The smallest absolute Gasteiger partial charge is 0.314 e. The monoisotopic (exact) mass is 336 g/mol. The summed E-state index contributed by atoms with van der Waals surface area (Å²) in [5, 5.41) is 0. The molecule has 0 aliphatic heterocycles. The molecule has 1 fully saturated rings. The van der Waals surface area contributed by atoms with Crippen molar-refractivity contribution in [1.82, 2.24) is 0 Å². The Morgan fingerprint density at radius 1 is 0.920 bits per heavy atom. The molecule has 0 bridgehead atoms. The molecule has 2 aromatic rings. The van der Waals surface area contributed by atoms with Crippen LogP contribution in [0.1, 0.15) is 51.5 Å². The van der Waals surface area contributed by atoms with Gasteiger partial charge in [-0.25, -0.2) is 0 Å². The fourth-order valence-corrected chi connectivity index (χ4v) is 3.56. The highest BCUT2D eigenvalue weighted by Crippen LogP contribution is 2.30. The zero-order valence-electron chi connectivity index (χ0n) is 15.3. The van der Waals surface area contributed by atoms with Gasteiger partial charge in [-0.2, -0.15) is 0 Å². The standard InChI is InChI=1S/C23H28O2/c1-3-4-18-7-11-19(12-8-18)20-13-15-22(16-14-20)25-23(24)21-9-5-17(2)6-10-21/h7-8,11-17,21H,3-6,9-10H2,1-2H3. The number of esters is 1. The lowest BCUT2D eigenvalue weighted by atomic mass is 9.83. The molecule has 0 N–H and O–H groups in total. The minimum Gasteiger partial charge on any atom is -0.426 e. The van der Waals surface area contributed by atoms with Crippen molar-refractivity contribution in [1.29, 1.82) is 0 Å². The third kappa shape index (κ3) is 4.72. The Bertz CT molecular complexity index is 677. The summed E-state index contributed by atoms with van der Waals surface area (Å²) in [7, 11) is 0. The van der Waals surface area contributed by atoms with Crippen LogP contribution in [0.4, 0.5) is 0 Å². The minimum absolute atomic E-state index is 0.0661. The first-order chi connectivity index (χ1) is 12.2. The van der Waals surface area contributed by atoms with E-state index in [1.165, 1.54) is 17.5 Å². The molecule has 0 radical (unpaired) electrons. The van der Waals surface area contributed by atoms with Crippen molar-refractivity contribution < 1.29 is 9.53 Å². The van der Waals surface area contributed by atoms with Gasteiger partial charge >= 0.3 is 5.97 Å². The van der Waals surface area contributed by atoms with Crippen LogP contribution in [0.3, 0.4) is 0 Å². The van der Waals surface area contributed by atoms with Gasteiger partial charge in [-0.1, -0.05) is 56.7 Å². The summed E-state index contributed by atoms with van der Waals surface area (Å²) in [5.41, 5.74) is 3.71. The van der Waals surface area contributed by atoms with E-state index in [1.54, 1.807) is 0 Å². The molecule has 1 aliphatic carbocycles. The Kier molecular flexibility index (Phi) is 5.91. The van der Waals surface area contributed by atoms with Crippen LogP contribution in [0.2, 0.25) is 0 Å². The van der Waals surface area contributed by atoms with E-state index in [2.05, 4.69) is 38.1 Å². The number of carbonyl (C=O) groups is 1. The van der Waals surface area contributed by atoms with Gasteiger partial charge in [0.2, 0.25) is 0 Å². The van der Waals surface area contributed by atoms with Gasteiger partial charge in [0.05, 0.1) is 5.92 Å². The van der Waals surface area contributed by atoms with Crippen LogP contribution in [0.15, 0.2) is 48.5 Å². The molecular weight excluding hydrogens is 308 g/mol. The summed E-state index contributed by atoms with van der Waals surface area (Å²) in [5.74, 6) is 1.40. The fourth-order valence-electron chi connectivity index (χ4n) is 3.56. The van der Waals surface area contributed by atoms with E-state index >= 15 is 0 Å². The normalized spacial score (nSPS) is 20.2. The van der Waals surface area contributed by atoms with Crippen molar-refractivity contribution in [2.45, 2.75) is 52.4 Å². The lowest BCUT2D eigenvalue weighted by Gasteiger charge is -2.24. The first kappa shape index (κ1) is 17.7. The molecule has 132 valence electrons. The van der Waals surface area contributed by atoms with Gasteiger partial charge in [-0.05, 0) is 66.8 Å².